The van der Waals surface area contributed by atoms with Gasteiger partial charge in [0.2, 0.25) is 5.89 Å². The van der Waals surface area contributed by atoms with Crippen molar-refractivity contribution in [3.8, 4) is 0 Å². The molecule has 9 nitrogen and oxygen atoms in total. The fraction of sp³-hybridized carbons (Fsp3) is 0.350. The molecule has 3 atom stereocenters. The van der Waals surface area contributed by atoms with Gasteiger partial charge in [-0.3, -0.25) is 9.36 Å². The number of piperidine rings is 1. The van der Waals surface area contributed by atoms with Gasteiger partial charge in [-0.15, -0.1) is 0 Å². The van der Waals surface area contributed by atoms with E-state index in [2.05, 4.69) is 20.1 Å². The van der Waals surface area contributed by atoms with Crippen molar-refractivity contribution >= 4 is 28.5 Å². The van der Waals surface area contributed by atoms with Crippen LogP contribution >= 0.6 is 11.6 Å². The second-order valence-electron chi connectivity index (χ2n) is 8.23. The number of hydrogen-bond donors (Lipinski definition) is 0. The first-order chi connectivity index (χ1) is 15.4. The van der Waals surface area contributed by atoms with Crippen molar-refractivity contribution in [1.82, 2.24) is 29.2 Å². The zero-order valence-electron chi connectivity index (χ0n) is 16.7. The van der Waals surface area contributed by atoms with E-state index in [1.54, 1.807) is 11.6 Å². The topological polar surface area (TPSA) is 94.9 Å². The molecule has 32 heavy (non-hydrogen) atoms. The number of anilines is 1. The number of fused-ring (bicyclic) bond motifs is 2. The summed E-state index contributed by atoms with van der Waals surface area (Å²) in [6.45, 7) is 1.30. The molecule has 0 N–H and O–H groups in total. The van der Waals surface area contributed by atoms with Crippen LogP contribution < -0.4 is 10.5 Å². The minimum Gasteiger partial charge on any atom is -0.368 e. The number of hydrogen-bond acceptors (Lipinski definition) is 7. The van der Waals surface area contributed by atoms with E-state index in [1.165, 1.54) is 23.3 Å². The van der Waals surface area contributed by atoms with E-state index in [4.69, 9.17) is 16.1 Å². The number of nitrogens with zero attached hydrogens (tertiary/aromatic N) is 7. The summed E-state index contributed by atoms with van der Waals surface area (Å²) in [6, 6.07) is 2.13. The van der Waals surface area contributed by atoms with Crippen LogP contribution in [0.25, 0.3) is 11.2 Å². The van der Waals surface area contributed by atoms with Crippen LogP contribution in [-0.2, 0) is 13.6 Å². The molecule has 1 aromatic carbocycles. The van der Waals surface area contributed by atoms with E-state index in [-0.39, 0.29) is 34.9 Å². The minimum absolute atomic E-state index is 0.102. The van der Waals surface area contributed by atoms with Gasteiger partial charge in [0.1, 0.15) is 24.5 Å². The quantitative estimate of drug-likeness (QED) is 0.432. The summed E-state index contributed by atoms with van der Waals surface area (Å²) < 4.78 is 36.0. The van der Waals surface area contributed by atoms with Gasteiger partial charge < -0.3 is 14.0 Å². The molecule has 0 radical (unpaired) electrons. The van der Waals surface area contributed by atoms with E-state index < -0.39 is 11.6 Å². The van der Waals surface area contributed by atoms with E-state index in [0.717, 1.165) is 6.07 Å². The average molecular weight is 460 g/mol. The standard InChI is InChI=1S/C20H16ClF2N7O2/c1-28-7-24-19-17(28)20(31)30(8-25-19)6-15-26-18(27-32-15)16-9-4-29(5-10(9)16)14-2-11(21)12(22)3-13(14)23/h2-3,7-10,16H,4-6H2,1H3/t9-,10+,16?. The van der Waals surface area contributed by atoms with Crippen LogP contribution in [0.4, 0.5) is 14.5 Å². The highest BCUT2D eigenvalue weighted by Gasteiger charge is 2.58. The van der Waals surface area contributed by atoms with Gasteiger partial charge in [0, 0.05) is 32.1 Å². The summed E-state index contributed by atoms with van der Waals surface area (Å²) >= 11 is 5.82. The second-order valence-corrected chi connectivity index (χ2v) is 8.64. The predicted molar refractivity (Wildman–Crippen MR) is 109 cm³/mol. The third kappa shape index (κ3) is 2.91. The summed E-state index contributed by atoms with van der Waals surface area (Å²) in [6.07, 6.45) is 2.95. The highest BCUT2D eigenvalue weighted by atomic mass is 35.5. The fourth-order valence-corrected chi connectivity index (χ4v) is 4.82. The monoisotopic (exact) mass is 459 g/mol. The van der Waals surface area contributed by atoms with Crippen molar-refractivity contribution in [2.75, 3.05) is 18.0 Å². The van der Waals surface area contributed by atoms with Crippen LogP contribution in [0.15, 0.2) is 34.1 Å². The first-order valence-corrected chi connectivity index (χ1v) is 10.4. The molecule has 4 heterocycles. The van der Waals surface area contributed by atoms with E-state index in [9.17, 15) is 13.6 Å². The van der Waals surface area contributed by atoms with Gasteiger partial charge in [0.15, 0.2) is 17.0 Å². The highest BCUT2D eigenvalue weighted by molar-refractivity contribution is 6.31. The van der Waals surface area contributed by atoms with Gasteiger partial charge in [0.05, 0.1) is 17.0 Å². The molecule has 0 amide bonds. The summed E-state index contributed by atoms with van der Waals surface area (Å²) in [5.74, 6) is 0.0932. The largest absolute Gasteiger partial charge is 0.368 e. The number of imidazole rings is 1. The Morgan fingerprint density at radius 1 is 1.16 bits per heavy atom. The Balaban J connectivity index is 1.17. The number of aryl methyl sites for hydroxylation is 1. The first kappa shape index (κ1) is 19.4. The molecule has 2 fully saturated rings. The van der Waals surface area contributed by atoms with Crippen molar-refractivity contribution in [1.29, 1.82) is 0 Å². The van der Waals surface area contributed by atoms with Gasteiger partial charge in [0.25, 0.3) is 5.56 Å². The molecule has 0 bridgehead atoms. The molecule has 164 valence electrons. The van der Waals surface area contributed by atoms with E-state index in [1.807, 2.05) is 4.90 Å². The third-order valence-electron chi connectivity index (χ3n) is 6.31. The van der Waals surface area contributed by atoms with Crippen molar-refractivity contribution in [3.63, 3.8) is 0 Å². The van der Waals surface area contributed by atoms with Crippen LogP contribution in [-0.4, -0.2) is 42.3 Å². The molecule has 1 aliphatic heterocycles. The Morgan fingerprint density at radius 3 is 2.69 bits per heavy atom. The molecule has 1 aliphatic carbocycles. The van der Waals surface area contributed by atoms with Crippen LogP contribution in [0.5, 0.6) is 0 Å². The zero-order valence-corrected chi connectivity index (χ0v) is 17.5. The smallest absolute Gasteiger partial charge is 0.280 e. The first-order valence-electron chi connectivity index (χ1n) is 9.99. The lowest BCUT2D eigenvalue weighted by Crippen LogP contribution is -2.25. The SMILES string of the molecule is Cn1cnc2ncn(Cc3nc(C4[C@H]5CN(c6cc(Cl)c(F)cc6F)C[C@@H]45)no3)c(=O)c21. The van der Waals surface area contributed by atoms with Gasteiger partial charge in [-0.05, 0) is 17.9 Å². The molecule has 4 aromatic rings. The lowest BCUT2D eigenvalue weighted by Gasteiger charge is -2.22. The highest BCUT2D eigenvalue weighted by Crippen LogP contribution is 2.58. The van der Waals surface area contributed by atoms with Crippen LogP contribution in [0.2, 0.25) is 5.02 Å². The Labute approximate surface area is 184 Å². The van der Waals surface area contributed by atoms with Crippen LogP contribution in [0.3, 0.4) is 0 Å². The van der Waals surface area contributed by atoms with Crippen molar-refractivity contribution in [2.24, 2.45) is 18.9 Å². The summed E-state index contributed by atoms with van der Waals surface area (Å²) in [5, 5.41) is 3.99. The van der Waals surface area contributed by atoms with Crippen molar-refractivity contribution in [3.05, 3.63) is 63.5 Å². The molecular formula is C20H16ClF2N7O2. The Morgan fingerprint density at radius 2 is 1.91 bits per heavy atom. The minimum atomic E-state index is -0.772. The van der Waals surface area contributed by atoms with Gasteiger partial charge in [-0.2, -0.15) is 4.98 Å². The average Bonchev–Trinajstić information content (AvgIpc) is 3.18. The Kier molecular flexibility index (Phi) is 4.13. The Hall–Kier alpha value is -3.34. The van der Waals surface area contributed by atoms with Crippen LogP contribution in [0, 0.1) is 23.5 Å². The molecule has 0 spiro atoms. The van der Waals surface area contributed by atoms with E-state index in [0.29, 0.717) is 41.7 Å². The number of aromatic nitrogens is 6. The number of benzene rings is 1. The van der Waals surface area contributed by atoms with Crippen molar-refractivity contribution < 1.29 is 13.3 Å². The normalized spacial score (nSPS) is 22.0. The summed E-state index contributed by atoms with van der Waals surface area (Å²) in [4.78, 5) is 27.3. The maximum Gasteiger partial charge on any atom is 0.280 e. The van der Waals surface area contributed by atoms with Crippen LogP contribution in [0.1, 0.15) is 17.6 Å². The lowest BCUT2D eigenvalue weighted by atomic mass is 10.2. The molecular weight excluding hydrogens is 444 g/mol. The van der Waals surface area contributed by atoms with Crippen molar-refractivity contribution in [2.45, 2.75) is 12.5 Å². The second kappa shape index (κ2) is 6.83. The number of rotatable bonds is 4. The van der Waals surface area contributed by atoms with Gasteiger partial charge >= 0.3 is 0 Å². The molecule has 6 rings (SSSR count). The predicted octanol–water partition coefficient (Wildman–Crippen LogP) is 2.34. The number of halogens is 3. The molecule has 1 saturated carbocycles. The molecule has 2 aliphatic rings. The molecule has 1 saturated heterocycles. The zero-order chi connectivity index (χ0) is 22.1. The summed E-state index contributed by atoms with van der Waals surface area (Å²) in [7, 11) is 1.73. The van der Waals surface area contributed by atoms with Gasteiger partial charge in [-0.25, -0.2) is 18.7 Å². The van der Waals surface area contributed by atoms with E-state index >= 15 is 0 Å². The summed E-state index contributed by atoms with van der Waals surface area (Å²) in [5.41, 5.74) is 0.841. The third-order valence-corrected chi connectivity index (χ3v) is 6.60. The molecule has 12 heteroatoms. The maximum absolute atomic E-state index is 14.2. The molecule has 1 unspecified atom stereocenters. The Bertz CT molecular complexity index is 1420. The fourth-order valence-electron chi connectivity index (χ4n) is 4.66. The molecule has 3 aromatic heterocycles. The maximum atomic E-state index is 14.2. The van der Waals surface area contributed by atoms with Gasteiger partial charge in [-0.1, -0.05) is 16.8 Å². The lowest BCUT2D eigenvalue weighted by molar-refractivity contribution is 0.363.